The van der Waals surface area contributed by atoms with Gasteiger partial charge in [0.05, 0.1) is 13.0 Å². The smallest absolute Gasteiger partial charge is 0.306 e. The number of carbonyl (C=O) groups excluding carboxylic acids is 3. The van der Waals surface area contributed by atoms with Crippen LogP contribution in [-0.4, -0.2) is 60.4 Å². The minimum atomic E-state index is -0.335. The number of esters is 1. The van der Waals surface area contributed by atoms with Crippen molar-refractivity contribution in [3.8, 4) is 0 Å². The highest BCUT2D eigenvalue weighted by molar-refractivity contribution is 7.10. The molecule has 1 saturated heterocycles. The fourth-order valence-corrected chi connectivity index (χ4v) is 4.20. The summed E-state index contributed by atoms with van der Waals surface area (Å²) in [5.74, 6) is 0.347. The first-order valence-corrected chi connectivity index (χ1v) is 9.73. The number of nitrogens with zero attached hydrogens (tertiary/aromatic N) is 2. The predicted octanol–water partition coefficient (Wildman–Crippen LogP) is 1.87. The van der Waals surface area contributed by atoms with E-state index in [-0.39, 0.29) is 36.5 Å². The highest BCUT2D eigenvalue weighted by atomic mass is 32.1. The summed E-state index contributed by atoms with van der Waals surface area (Å²) in [5, 5.41) is 2.05. The quantitative estimate of drug-likeness (QED) is 0.723. The molecule has 0 bridgehead atoms. The molecular formula is C18H24N2O4S. The first-order chi connectivity index (χ1) is 12.1. The molecule has 2 amide bonds. The van der Waals surface area contributed by atoms with Crippen LogP contribution in [0.1, 0.15) is 37.0 Å². The van der Waals surface area contributed by atoms with Gasteiger partial charge in [0.1, 0.15) is 0 Å². The van der Waals surface area contributed by atoms with E-state index in [1.807, 2.05) is 11.0 Å². The summed E-state index contributed by atoms with van der Waals surface area (Å²) in [5.41, 5.74) is 0. The van der Waals surface area contributed by atoms with E-state index in [0.717, 1.165) is 6.42 Å². The van der Waals surface area contributed by atoms with Gasteiger partial charge in [-0.25, -0.2) is 0 Å². The van der Waals surface area contributed by atoms with Crippen molar-refractivity contribution in [3.05, 3.63) is 22.4 Å². The second-order valence-electron chi connectivity index (χ2n) is 6.48. The molecule has 25 heavy (non-hydrogen) atoms. The average molecular weight is 364 g/mol. The minimum absolute atomic E-state index is 0.0389. The molecule has 1 aromatic rings. The van der Waals surface area contributed by atoms with E-state index in [1.165, 1.54) is 4.88 Å². The Bertz CT molecular complexity index is 623. The molecule has 1 saturated carbocycles. The maximum Gasteiger partial charge on any atom is 0.306 e. The largest absolute Gasteiger partial charge is 0.466 e. The van der Waals surface area contributed by atoms with Gasteiger partial charge in [0.15, 0.2) is 0 Å². The lowest BCUT2D eigenvalue weighted by molar-refractivity contribution is -0.146. The second kappa shape index (κ2) is 7.99. The van der Waals surface area contributed by atoms with E-state index in [9.17, 15) is 14.4 Å². The van der Waals surface area contributed by atoms with E-state index in [1.54, 1.807) is 23.2 Å². The van der Waals surface area contributed by atoms with Crippen LogP contribution in [0.15, 0.2) is 17.5 Å². The van der Waals surface area contributed by atoms with Gasteiger partial charge >= 0.3 is 5.97 Å². The Kier molecular flexibility index (Phi) is 5.73. The van der Waals surface area contributed by atoms with Gasteiger partial charge in [0, 0.05) is 49.3 Å². The van der Waals surface area contributed by atoms with Crippen molar-refractivity contribution in [2.24, 2.45) is 5.92 Å². The molecule has 7 heteroatoms. The van der Waals surface area contributed by atoms with Gasteiger partial charge in [-0.1, -0.05) is 6.07 Å². The van der Waals surface area contributed by atoms with E-state index in [0.29, 0.717) is 38.7 Å². The zero-order valence-corrected chi connectivity index (χ0v) is 15.3. The van der Waals surface area contributed by atoms with Crippen molar-refractivity contribution in [1.82, 2.24) is 9.80 Å². The van der Waals surface area contributed by atoms with Crippen molar-refractivity contribution < 1.29 is 19.1 Å². The van der Waals surface area contributed by atoms with E-state index < -0.39 is 0 Å². The molecule has 2 heterocycles. The topological polar surface area (TPSA) is 66.9 Å². The molecule has 3 rings (SSSR count). The van der Waals surface area contributed by atoms with Gasteiger partial charge in [0.2, 0.25) is 11.8 Å². The van der Waals surface area contributed by atoms with Gasteiger partial charge < -0.3 is 14.5 Å². The molecular weight excluding hydrogens is 340 g/mol. The molecule has 1 aliphatic heterocycles. The third kappa shape index (κ3) is 4.39. The number of thiophene rings is 1. The fraction of sp³-hybridized carbons (Fsp3) is 0.611. The molecule has 2 atom stereocenters. The highest BCUT2D eigenvalue weighted by Gasteiger charge is 2.46. The van der Waals surface area contributed by atoms with E-state index in [2.05, 4.69) is 11.4 Å². The number of amides is 2. The monoisotopic (exact) mass is 364 g/mol. The Labute approximate surface area is 151 Å². The van der Waals surface area contributed by atoms with Crippen LogP contribution in [0.5, 0.6) is 0 Å². The molecule has 0 N–H and O–H groups in total. The van der Waals surface area contributed by atoms with E-state index in [4.69, 9.17) is 4.74 Å². The van der Waals surface area contributed by atoms with Crippen LogP contribution in [0.3, 0.4) is 0 Å². The second-order valence-corrected chi connectivity index (χ2v) is 7.45. The maximum atomic E-state index is 12.6. The Balaban J connectivity index is 1.40. The number of ether oxygens (including phenoxy) is 1. The zero-order chi connectivity index (χ0) is 17.8. The minimum Gasteiger partial charge on any atom is -0.466 e. The number of carbonyl (C=O) groups is 3. The average Bonchev–Trinajstić information content (AvgIpc) is 3.24. The van der Waals surface area contributed by atoms with Gasteiger partial charge in [-0.15, -0.1) is 11.3 Å². The van der Waals surface area contributed by atoms with Crippen molar-refractivity contribution in [1.29, 1.82) is 0 Å². The van der Waals surface area contributed by atoms with Gasteiger partial charge in [-0.2, -0.15) is 0 Å². The fourth-order valence-electron chi connectivity index (χ4n) is 3.30. The summed E-state index contributed by atoms with van der Waals surface area (Å²) in [6, 6.07) is 4.13. The summed E-state index contributed by atoms with van der Waals surface area (Å²) in [4.78, 5) is 41.0. The summed E-state index contributed by atoms with van der Waals surface area (Å²) < 4.78 is 4.84. The summed E-state index contributed by atoms with van der Waals surface area (Å²) in [6.45, 7) is 4.34. The predicted molar refractivity (Wildman–Crippen MR) is 94.2 cm³/mol. The molecule has 2 fully saturated rings. The molecule has 1 aromatic heterocycles. The summed E-state index contributed by atoms with van der Waals surface area (Å²) in [6.07, 6.45) is 1.24. The Morgan fingerprint density at radius 1 is 1.16 bits per heavy atom. The molecule has 6 nitrogen and oxygen atoms in total. The van der Waals surface area contributed by atoms with Crippen LogP contribution < -0.4 is 0 Å². The molecule has 0 aromatic carbocycles. The van der Waals surface area contributed by atoms with Gasteiger partial charge in [-0.05, 0) is 24.8 Å². The molecule has 136 valence electrons. The SMILES string of the molecule is CCOC(=O)CCC(=O)N1CCN(C(=O)[C@H]2C[C@@H]2c2cccs2)CC1. The number of hydrogen-bond acceptors (Lipinski definition) is 5. The normalized spacial score (nSPS) is 22.6. The molecule has 2 aliphatic rings. The van der Waals surface area contributed by atoms with Crippen LogP contribution >= 0.6 is 11.3 Å². The molecule has 0 spiro atoms. The van der Waals surface area contributed by atoms with Crippen molar-refractivity contribution in [2.45, 2.75) is 32.1 Å². The third-order valence-corrected chi connectivity index (χ3v) is 5.81. The third-order valence-electron chi connectivity index (χ3n) is 4.81. The molecule has 0 radical (unpaired) electrons. The van der Waals surface area contributed by atoms with Gasteiger partial charge in [0.25, 0.3) is 0 Å². The number of hydrogen-bond donors (Lipinski definition) is 0. The molecule has 1 aliphatic carbocycles. The Morgan fingerprint density at radius 3 is 2.52 bits per heavy atom. The lowest BCUT2D eigenvalue weighted by atomic mass is 10.2. The maximum absolute atomic E-state index is 12.6. The standard InChI is InChI=1S/C18H24N2O4S/c1-2-24-17(22)6-5-16(21)19-7-9-20(10-8-19)18(23)14-12-13(14)15-4-3-11-25-15/h3-4,11,13-14H,2,5-10,12H2,1H3/t13-,14-/m0/s1. The number of piperazine rings is 1. The summed E-state index contributed by atoms with van der Waals surface area (Å²) >= 11 is 1.72. The van der Waals surface area contributed by atoms with E-state index >= 15 is 0 Å². The van der Waals surface area contributed by atoms with Crippen molar-refractivity contribution in [3.63, 3.8) is 0 Å². The van der Waals surface area contributed by atoms with Crippen LogP contribution in [0.4, 0.5) is 0 Å². The van der Waals surface area contributed by atoms with Gasteiger partial charge in [-0.3, -0.25) is 14.4 Å². The first-order valence-electron chi connectivity index (χ1n) is 8.85. The Morgan fingerprint density at radius 2 is 1.88 bits per heavy atom. The van der Waals surface area contributed by atoms with Crippen LogP contribution in [0, 0.1) is 5.92 Å². The molecule has 0 unspecified atom stereocenters. The van der Waals surface area contributed by atoms with Crippen LogP contribution in [0.2, 0.25) is 0 Å². The zero-order valence-electron chi connectivity index (χ0n) is 14.5. The highest BCUT2D eigenvalue weighted by Crippen LogP contribution is 2.50. The summed E-state index contributed by atoms with van der Waals surface area (Å²) in [7, 11) is 0. The lowest BCUT2D eigenvalue weighted by Crippen LogP contribution is -2.51. The first kappa shape index (κ1) is 17.9. The van der Waals surface area contributed by atoms with Crippen molar-refractivity contribution >= 4 is 29.1 Å². The number of rotatable bonds is 6. The van der Waals surface area contributed by atoms with Crippen LogP contribution in [-0.2, 0) is 19.1 Å². The van der Waals surface area contributed by atoms with Crippen molar-refractivity contribution in [2.75, 3.05) is 32.8 Å². The Hall–Kier alpha value is -1.89. The van der Waals surface area contributed by atoms with Crippen LogP contribution in [0.25, 0.3) is 0 Å². The lowest BCUT2D eigenvalue weighted by Gasteiger charge is -2.35.